The molecule has 0 radical (unpaired) electrons. The third kappa shape index (κ3) is 4.09. The molecule has 0 heterocycles. The van der Waals surface area contributed by atoms with Crippen molar-refractivity contribution in [2.24, 2.45) is 5.41 Å². The van der Waals surface area contributed by atoms with Gasteiger partial charge in [0, 0.05) is 6.04 Å². The minimum absolute atomic E-state index is 0.0167. The second-order valence-electron chi connectivity index (χ2n) is 5.64. The molecule has 0 aliphatic heterocycles. The van der Waals surface area contributed by atoms with Gasteiger partial charge in [0.15, 0.2) is 0 Å². The number of hydrogen-bond acceptors (Lipinski definition) is 3. The van der Waals surface area contributed by atoms with E-state index in [9.17, 15) is 4.79 Å². The Labute approximate surface area is 97.0 Å². The Kier molecular flexibility index (Phi) is 3.47. The van der Waals surface area contributed by atoms with E-state index in [1.165, 1.54) is 0 Å². The minimum Gasteiger partial charge on any atom is -0.444 e. The van der Waals surface area contributed by atoms with Crippen molar-refractivity contribution in [1.82, 2.24) is 5.32 Å². The number of amides is 1. The summed E-state index contributed by atoms with van der Waals surface area (Å²) in [4.78, 5) is 11.4. The molecular weight excluding hydrogens is 204 g/mol. The summed E-state index contributed by atoms with van der Waals surface area (Å²) in [5.41, 5.74) is -0.662. The fourth-order valence-electron chi connectivity index (χ4n) is 1.66. The van der Waals surface area contributed by atoms with Crippen LogP contribution in [0.1, 0.15) is 47.0 Å². The lowest BCUT2D eigenvalue weighted by Crippen LogP contribution is -2.38. The zero-order valence-electron chi connectivity index (χ0n) is 10.5. The summed E-state index contributed by atoms with van der Waals surface area (Å²) in [7, 11) is 0. The first kappa shape index (κ1) is 12.8. The van der Waals surface area contributed by atoms with Gasteiger partial charge in [0.05, 0.1) is 11.5 Å². The first-order valence-electron chi connectivity index (χ1n) is 5.67. The number of alkyl carbamates (subject to hydrolysis) is 1. The van der Waals surface area contributed by atoms with Gasteiger partial charge in [0.25, 0.3) is 0 Å². The fraction of sp³-hybridized carbons (Fsp3) is 0.833. The summed E-state index contributed by atoms with van der Waals surface area (Å²) in [6.45, 7) is 7.39. The zero-order valence-corrected chi connectivity index (χ0v) is 10.5. The maximum atomic E-state index is 11.4. The molecule has 4 heteroatoms. The van der Waals surface area contributed by atoms with Gasteiger partial charge < -0.3 is 10.1 Å². The van der Waals surface area contributed by atoms with Crippen LogP contribution in [-0.4, -0.2) is 17.7 Å². The number of hydrogen-bond donors (Lipinski definition) is 1. The number of rotatable bonds is 3. The van der Waals surface area contributed by atoms with Gasteiger partial charge in [-0.2, -0.15) is 5.26 Å². The molecule has 1 unspecified atom stereocenters. The monoisotopic (exact) mass is 224 g/mol. The van der Waals surface area contributed by atoms with Crippen molar-refractivity contribution in [2.45, 2.75) is 58.6 Å². The lowest BCUT2D eigenvalue weighted by Gasteiger charge is -2.22. The molecule has 0 aromatic heterocycles. The first-order valence-corrected chi connectivity index (χ1v) is 5.67. The average molecular weight is 224 g/mol. The number of nitrogens with one attached hydrogen (secondary N) is 1. The van der Waals surface area contributed by atoms with E-state index in [4.69, 9.17) is 10.00 Å². The van der Waals surface area contributed by atoms with Crippen LogP contribution in [0.2, 0.25) is 0 Å². The standard InChI is InChI=1S/C12H20N2O2/c1-9(7-12(8-13)5-6-12)14-10(15)16-11(2,3)4/h9H,5-7H2,1-4H3,(H,14,15). The Morgan fingerprint density at radius 3 is 2.50 bits per heavy atom. The molecule has 90 valence electrons. The molecule has 0 bridgehead atoms. The van der Waals surface area contributed by atoms with Gasteiger partial charge in [-0.25, -0.2) is 4.79 Å². The molecule has 0 aromatic carbocycles. The van der Waals surface area contributed by atoms with Crippen molar-refractivity contribution >= 4 is 6.09 Å². The van der Waals surface area contributed by atoms with E-state index in [1.807, 2.05) is 27.7 Å². The van der Waals surface area contributed by atoms with Crippen molar-refractivity contribution < 1.29 is 9.53 Å². The van der Waals surface area contributed by atoms with Crippen molar-refractivity contribution in [2.75, 3.05) is 0 Å². The van der Waals surface area contributed by atoms with Crippen molar-refractivity contribution in [3.05, 3.63) is 0 Å². The van der Waals surface area contributed by atoms with Crippen molar-refractivity contribution in [1.29, 1.82) is 5.26 Å². The summed E-state index contributed by atoms with van der Waals surface area (Å²) in [6.07, 6.45) is 2.20. The van der Waals surface area contributed by atoms with E-state index in [0.29, 0.717) is 6.42 Å². The SMILES string of the molecule is CC(CC1(C#N)CC1)NC(=O)OC(C)(C)C. The number of ether oxygens (including phenoxy) is 1. The summed E-state index contributed by atoms with van der Waals surface area (Å²) in [5.74, 6) is 0. The Morgan fingerprint density at radius 2 is 2.12 bits per heavy atom. The van der Waals surface area contributed by atoms with Gasteiger partial charge in [0.2, 0.25) is 0 Å². The number of nitriles is 1. The maximum absolute atomic E-state index is 11.4. The third-order valence-corrected chi connectivity index (χ3v) is 2.55. The van der Waals surface area contributed by atoms with Crippen LogP contribution in [-0.2, 0) is 4.74 Å². The first-order chi connectivity index (χ1) is 7.26. The van der Waals surface area contributed by atoms with Gasteiger partial charge in [-0.1, -0.05) is 0 Å². The number of nitrogens with zero attached hydrogens (tertiary/aromatic N) is 1. The summed E-state index contributed by atoms with van der Waals surface area (Å²) in [6, 6.07) is 2.30. The third-order valence-electron chi connectivity index (χ3n) is 2.55. The van der Waals surface area contributed by atoms with Crippen LogP contribution in [0.3, 0.4) is 0 Å². The van der Waals surface area contributed by atoms with Gasteiger partial charge in [-0.05, 0) is 47.0 Å². The van der Waals surface area contributed by atoms with Crippen LogP contribution >= 0.6 is 0 Å². The number of carbonyl (C=O) groups excluding carboxylic acids is 1. The second-order valence-corrected chi connectivity index (χ2v) is 5.64. The molecule has 1 fully saturated rings. The van der Waals surface area contributed by atoms with Crippen molar-refractivity contribution in [3.63, 3.8) is 0 Å². The van der Waals surface area contributed by atoms with Gasteiger partial charge >= 0.3 is 6.09 Å². The molecule has 1 atom stereocenters. The molecular formula is C12H20N2O2. The van der Waals surface area contributed by atoms with Crippen molar-refractivity contribution in [3.8, 4) is 6.07 Å². The summed E-state index contributed by atoms with van der Waals surface area (Å²) >= 11 is 0. The van der Waals surface area contributed by atoms with E-state index in [1.54, 1.807) is 0 Å². The highest BCUT2D eigenvalue weighted by Gasteiger charge is 2.44. The van der Waals surface area contributed by atoms with Gasteiger partial charge in [0.1, 0.15) is 5.60 Å². The van der Waals surface area contributed by atoms with Gasteiger partial charge in [-0.15, -0.1) is 0 Å². The molecule has 0 spiro atoms. The molecule has 1 aliphatic carbocycles. The Bertz CT molecular complexity index is 308. The predicted octanol–water partition coefficient (Wildman–Crippen LogP) is 2.59. The number of carbonyl (C=O) groups is 1. The minimum atomic E-state index is -0.476. The van der Waals surface area contributed by atoms with E-state index in [-0.39, 0.29) is 11.5 Å². The molecule has 0 saturated heterocycles. The molecule has 0 aromatic rings. The largest absolute Gasteiger partial charge is 0.444 e. The van der Waals surface area contributed by atoms with E-state index in [2.05, 4.69) is 11.4 Å². The fourth-order valence-corrected chi connectivity index (χ4v) is 1.66. The smallest absolute Gasteiger partial charge is 0.407 e. The highest BCUT2D eigenvalue weighted by molar-refractivity contribution is 5.68. The van der Waals surface area contributed by atoms with Crippen LogP contribution in [0, 0.1) is 16.7 Å². The maximum Gasteiger partial charge on any atom is 0.407 e. The highest BCUT2D eigenvalue weighted by Crippen LogP contribution is 2.48. The summed E-state index contributed by atoms with van der Waals surface area (Å²) < 4.78 is 5.14. The van der Waals surface area contributed by atoms with E-state index < -0.39 is 11.7 Å². The van der Waals surface area contributed by atoms with E-state index >= 15 is 0 Å². The highest BCUT2D eigenvalue weighted by atomic mass is 16.6. The zero-order chi connectivity index (χ0) is 12.4. The molecule has 16 heavy (non-hydrogen) atoms. The topological polar surface area (TPSA) is 62.1 Å². The lowest BCUT2D eigenvalue weighted by molar-refractivity contribution is 0.0503. The van der Waals surface area contributed by atoms with Crippen LogP contribution < -0.4 is 5.32 Å². The molecule has 1 N–H and O–H groups in total. The Hall–Kier alpha value is -1.24. The molecule has 1 aliphatic rings. The Balaban J connectivity index is 2.32. The van der Waals surface area contributed by atoms with E-state index in [0.717, 1.165) is 12.8 Å². The van der Waals surface area contributed by atoms with Crippen LogP contribution in [0.15, 0.2) is 0 Å². The van der Waals surface area contributed by atoms with Crippen LogP contribution in [0.25, 0.3) is 0 Å². The Morgan fingerprint density at radius 1 is 1.56 bits per heavy atom. The molecule has 1 saturated carbocycles. The summed E-state index contributed by atoms with van der Waals surface area (Å²) in [5, 5.41) is 11.7. The second kappa shape index (κ2) is 4.32. The average Bonchev–Trinajstić information content (AvgIpc) is 2.81. The van der Waals surface area contributed by atoms with Crippen LogP contribution in [0.5, 0.6) is 0 Å². The van der Waals surface area contributed by atoms with Crippen LogP contribution in [0.4, 0.5) is 4.79 Å². The molecule has 1 amide bonds. The predicted molar refractivity (Wildman–Crippen MR) is 60.7 cm³/mol. The normalized spacial score (nSPS) is 19.4. The quantitative estimate of drug-likeness (QED) is 0.801. The molecule has 4 nitrogen and oxygen atoms in total. The van der Waals surface area contributed by atoms with Gasteiger partial charge in [-0.3, -0.25) is 0 Å². The molecule has 1 rings (SSSR count). The lowest BCUT2D eigenvalue weighted by atomic mass is 10.00.